The number of imidazole rings is 1. The number of thiol groups is 2. The largest absolute Gasteiger partial charge is 0.508 e. The van der Waals surface area contributed by atoms with Gasteiger partial charge in [0.05, 0.1) is 25.1 Å². The second-order valence-corrected chi connectivity index (χ2v) is 26.8. The van der Waals surface area contributed by atoms with E-state index in [1.807, 2.05) is 0 Å². The first kappa shape index (κ1) is 83.0. The predicted octanol–water partition coefficient (Wildman–Crippen LogP) is -2.16. The molecule has 0 aliphatic rings. The lowest BCUT2D eigenvalue weighted by Crippen LogP contribution is -2.63. The number of H-pyrrole nitrogens is 3. The lowest BCUT2D eigenvalue weighted by Gasteiger charge is -2.29. The molecule has 107 heavy (non-hydrogen) atoms. The number of carbonyl (C=O) groups is 13. The highest BCUT2D eigenvalue weighted by Gasteiger charge is 2.39. The molecule has 0 spiro atoms. The van der Waals surface area contributed by atoms with E-state index in [9.17, 15) is 68.1 Å². The van der Waals surface area contributed by atoms with Crippen LogP contribution in [0.1, 0.15) is 69.5 Å². The number of nitrogens with two attached hydrogens (primary N) is 1. The Bertz CT molecular complexity index is 4270. The highest BCUT2D eigenvalue weighted by Crippen LogP contribution is 2.22. The molecule has 33 nitrogen and oxygen atoms in total. The van der Waals surface area contributed by atoms with E-state index in [-0.39, 0.29) is 43.6 Å². The second kappa shape index (κ2) is 39.7. The highest BCUT2D eigenvalue weighted by atomic mass is 32.1. The van der Waals surface area contributed by atoms with Crippen LogP contribution in [0, 0.1) is 5.92 Å². The van der Waals surface area contributed by atoms with Gasteiger partial charge in [0.15, 0.2) is 0 Å². The van der Waals surface area contributed by atoms with Crippen molar-refractivity contribution in [3.05, 3.63) is 156 Å². The Kier molecular flexibility index (Phi) is 30.8. The molecule has 4 aromatic carbocycles. The fourth-order valence-electron chi connectivity index (χ4n) is 11.5. The van der Waals surface area contributed by atoms with E-state index < -0.39 is 174 Å². The standard InChI is InChI=1S/C72H91N17O16S2/c1-36(2)59(87-66(99)54(27-44-30-76-50-19-13-11-17-48(44)50)85-71(104)60(38(4)90)88-62(95)37(3)79-68(101)56(33-106)80-40(6)92)70(103)86-57(34-107)69(102)81-52(25-42-20-22-46(93)23-21-42)64(97)82-53(26-43-29-75-49-18-12-10-16-47(43)49)65(98)83-55(28-45-31-74-35-78-45)67(100)89-61(39(5)91)72(105)84-51(63(96)77-32-58(73)94)24-41-14-8-7-9-15-41/h7-23,29-31,35-39,51-57,59-61,75-76,90-91,93,106-107H,24-28,32-34H2,1-6H3,(H2,73,94)(H,74,78)(H,77,96)(H,79,101)(H,80,92)(H,81,102)(H,82,97)(H,83,98)(H,84,105)(H,85,104)(H,86,103)(H,87,99)(H,88,95)(H,89,100)/t37-,38+,39+,51-,52-,53-,54-,55-,56-,57-,59-,60-,61-/m0/s1. The molecule has 13 amide bonds. The third-order valence-corrected chi connectivity index (χ3v) is 18.0. The zero-order valence-corrected chi connectivity index (χ0v) is 61.2. The molecule has 0 unspecified atom stereocenters. The number of hydrogen-bond donors (Lipinski definition) is 21. The molecule has 0 aliphatic heterocycles. The summed E-state index contributed by atoms with van der Waals surface area (Å²) in [5.74, 6) is -13.2. The molecule has 0 fully saturated rings. The molecule has 3 aromatic heterocycles. The monoisotopic (exact) mass is 1510 g/mol. The fraction of sp³-hybridized carbons (Fsp3) is 0.389. The number of benzene rings is 4. The van der Waals surface area contributed by atoms with Crippen LogP contribution in [0.5, 0.6) is 5.75 Å². The summed E-state index contributed by atoms with van der Waals surface area (Å²) in [6, 6.07) is 11.6. The van der Waals surface area contributed by atoms with Crippen LogP contribution in [0.25, 0.3) is 21.8 Å². The van der Waals surface area contributed by atoms with Crippen LogP contribution >= 0.6 is 25.3 Å². The van der Waals surface area contributed by atoms with Gasteiger partial charge in [0.25, 0.3) is 0 Å². The summed E-state index contributed by atoms with van der Waals surface area (Å²) >= 11 is 8.51. The van der Waals surface area contributed by atoms with Gasteiger partial charge in [0.2, 0.25) is 76.8 Å². The maximum absolute atomic E-state index is 15.2. The van der Waals surface area contributed by atoms with E-state index in [2.05, 4.69) is 109 Å². The third-order valence-electron chi connectivity index (χ3n) is 17.3. The van der Waals surface area contributed by atoms with Gasteiger partial charge in [0.1, 0.15) is 72.2 Å². The molecule has 0 saturated carbocycles. The highest BCUT2D eigenvalue weighted by molar-refractivity contribution is 7.80. The third kappa shape index (κ3) is 24.4. The van der Waals surface area contributed by atoms with Crippen molar-refractivity contribution >= 4 is 124 Å². The summed E-state index contributed by atoms with van der Waals surface area (Å²) in [5, 5.41) is 64.2. The van der Waals surface area contributed by atoms with Crippen LogP contribution in [0.4, 0.5) is 0 Å². The molecule has 0 aliphatic carbocycles. The number of primary amides is 1. The number of aliphatic hydroxyl groups excluding tert-OH is 2. The van der Waals surface area contributed by atoms with Crippen molar-refractivity contribution in [1.29, 1.82) is 0 Å². The minimum Gasteiger partial charge on any atom is -0.508 e. The predicted molar refractivity (Wildman–Crippen MR) is 399 cm³/mol. The molecule has 7 aromatic rings. The van der Waals surface area contributed by atoms with Gasteiger partial charge in [-0.2, -0.15) is 25.3 Å². The quantitative estimate of drug-likeness (QED) is 0.0183. The Morgan fingerprint density at radius 3 is 1.29 bits per heavy atom. The topological polar surface area (TPSA) is 513 Å². The van der Waals surface area contributed by atoms with E-state index >= 15 is 9.59 Å². The molecule has 0 saturated heterocycles. The number of phenolic OH excluding ortho intramolecular Hbond substituents is 1. The Balaban J connectivity index is 1.13. The van der Waals surface area contributed by atoms with Gasteiger partial charge in [-0.15, -0.1) is 0 Å². The number of fused-ring (bicyclic) bond motifs is 2. The SMILES string of the molecule is CC(=O)N[C@@H](CS)C(=O)N[C@@H](C)C(=O)N[C@H](C(=O)N[C@@H](Cc1c[nH]c2ccccc12)C(=O)N[C@H](C(=O)N[C@@H](CS)C(=O)N[C@@H](Cc1ccc(O)cc1)C(=O)N[C@@H](Cc1c[nH]c2ccccc12)C(=O)N[C@@H](Cc1cnc[nH]1)C(=O)N[C@H](C(=O)N[C@@H](Cc1ccccc1)C(=O)NCC(N)=O)[C@@H](C)O)C(C)C)[C@@H](C)O. The van der Waals surface area contributed by atoms with E-state index in [0.717, 1.165) is 0 Å². The summed E-state index contributed by atoms with van der Waals surface area (Å²) in [6.07, 6.45) is 1.48. The maximum atomic E-state index is 15.2. The van der Waals surface area contributed by atoms with Crippen LogP contribution in [0.15, 0.2) is 128 Å². The van der Waals surface area contributed by atoms with E-state index in [1.165, 1.54) is 64.5 Å². The van der Waals surface area contributed by atoms with Crippen molar-refractivity contribution in [2.45, 2.75) is 152 Å². The number of carbonyl (C=O) groups excluding carboxylic acids is 13. The number of nitrogens with one attached hydrogen (secondary N) is 15. The number of aromatic nitrogens is 4. The second-order valence-electron chi connectivity index (χ2n) is 26.1. The van der Waals surface area contributed by atoms with Gasteiger partial charge in [-0.25, -0.2) is 4.98 Å². The van der Waals surface area contributed by atoms with Crippen LogP contribution in [-0.4, -0.2) is 209 Å². The Morgan fingerprint density at radius 2 is 0.822 bits per heavy atom. The summed E-state index contributed by atoms with van der Waals surface area (Å²) in [7, 11) is 0. The molecule has 35 heteroatoms. The van der Waals surface area contributed by atoms with Gasteiger partial charge in [-0.05, 0) is 73.2 Å². The molecule has 13 atom stereocenters. The Labute approximate surface area is 626 Å². The number of aromatic amines is 3. The van der Waals surface area contributed by atoms with Gasteiger partial charge in [-0.1, -0.05) is 92.7 Å². The van der Waals surface area contributed by atoms with Crippen LogP contribution in [0.3, 0.4) is 0 Å². The molecule has 0 radical (unpaired) electrons. The number of para-hydroxylation sites is 2. The summed E-state index contributed by atoms with van der Waals surface area (Å²) < 4.78 is 0. The lowest BCUT2D eigenvalue weighted by molar-refractivity contribution is -0.137. The fourth-order valence-corrected chi connectivity index (χ4v) is 12.0. The van der Waals surface area contributed by atoms with Crippen molar-refractivity contribution < 1.29 is 77.6 Å². The van der Waals surface area contributed by atoms with Gasteiger partial charge < -0.3 is 99.8 Å². The number of rotatable bonds is 39. The number of aliphatic hydroxyl groups is 2. The van der Waals surface area contributed by atoms with Crippen molar-refractivity contribution in [3.63, 3.8) is 0 Å². The Hall–Kier alpha value is -11.3. The zero-order chi connectivity index (χ0) is 78.2. The molecular formula is C72H91N17O16S2. The van der Waals surface area contributed by atoms with Crippen molar-refractivity contribution in [1.82, 2.24) is 83.7 Å². The smallest absolute Gasteiger partial charge is 0.245 e. The van der Waals surface area contributed by atoms with E-state index in [4.69, 9.17) is 5.73 Å². The summed E-state index contributed by atoms with van der Waals surface area (Å²) in [6.45, 7) is 7.50. The van der Waals surface area contributed by atoms with Gasteiger partial charge >= 0.3 is 0 Å². The average molecular weight is 1510 g/mol. The first-order valence-corrected chi connectivity index (χ1v) is 35.5. The number of amides is 13. The number of hydrogen-bond acceptors (Lipinski definition) is 19. The molecule has 3 heterocycles. The van der Waals surface area contributed by atoms with Crippen LogP contribution < -0.4 is 69.5 Å². The molecule has 7 rings (SSSR count). The van der Waals surface area contributed by atoms with Crippen LogP contribution in [-0.2, 0) is 94.4 Å². The molecule has 572 valence electrons. The van der Waals surface area contributed by atoms with Crippen molar-refractivity contribution in [2.75, 3.05) is 18.1 Å². The van der Waals surface area contributed by atoms with Crippen LogP contribution in [0.2, 0.25) is 0 Å². The number of aromatic hydroxyl groups is 1. The first-order valence-electron chi connectivity index (χ1n) is 34.3. The molecule has 20 N–H and O–H groups in total. The normalized spacial score (nSPS) is 14.9. The molecular weight excluding hydrogens is 1420 g/mol. The zero-order valence-electron chi connectivity index (χ0n) is 59.4. The summed E-state index contributed by atoms with van der Waals surface area (Å²) in [4.78, 5) is 194. The van der Waals surface area contributed by atoms with Gasteiger partial charge in [-0.3, -0.25) is 62.3 Å². The summed E-state index contributed by atoms with van der Waals surface area (Å²) in [5.41, 5.74) is 8.94. The first-order chi connectivity index (χ1) is 50.9. The van der Waals surface area contributed by atoms with E-state index in [1.54, 1.807) is 105 Å². The lowest BCUT2D eigenvalue weighted by atomic mass is 9.99. The maximum Gasteiger partial charge on any atom is 0.245 e. The number of phenols is 1. The average Bonchev–Trinajstić information content (AvgIpc) is 1.70. The molecule has 0 bridgehead atoms. The minimum absolute atomic E-state index is 0.0940. The Morgan fingerprint density at radius 1 is 0.430 bits per heavy atom. The van der Waals surface area contributed by atoms with Crippen molar-refractivity contribution in [3.8, 4) is 5.75 Å². The van der Waals surface area contributed by atoms with Gasteiger partial charge in [0, 0.05) is 96.6 Å². The minimum atomic E-state index is -1.78. The number of nitrogens with zero attached hydrogens (tertiary/aromatic N) is 1. The van der Waals surface area contributed by atoms with Crippen molar-refractivity contribution in [2.24, 2.45) is 11.7 Å². The van der Waals surface area contributed by atoms with E-state index in [0.29, 0.717) is 49.8 Å².